The number of nitrogens with zero attached hydrogens (tertiary/aromatic N) is 1. The van der Waals surface area contributed by atoms with Gasteiger partial charge in [0.05, 0.1) is 17.4 Å². The smallest absolute Gasteiger partial charge is 0.243 e. The molecule has 0 spiro atoms. The normalized spacial score (nSPS) is 21.8. The van der Waals surface area contributed by atoms with Crippen LogP contribution in [0.2, 0.25) is 0 Å². The lowest BCUT2D eigenvalue weighted by molar-refractivity contribution is -0.126. The molecule has 0 unspecified atom stereocenters. The summed E-state index contributed by atoms with van der Waals surface area (Å²) in [5, 5.41) is 2.86. The van der Waals surface area contributed by atoms with Crippen LogP contribution in [0.4, 0.5) is 4.39 Å². The molecule has 2 aromatic rings. The monoisotopic (exact) mass is 434 g/mol. The summed E-state index contributed by atoms with van der Waals surface area (Å²) in [6, 6.07) is 12.1. The molecule has 2 aliphatic rings. The van der Waals surface area contributed by atoms with Crippen LogP contribution in [0.25, 0.3) is 0 Å². The maximum absolute atomic E-state index is 13.1. The highest BCUT2D eigenvalue weighted by Gasteiger charge is 2.33. The number of carbonyl (C=O) groups excluding carboxylic acids is 1. The van der Waals surface area contributed by atoms with Crippen LogP contribution in [0.1, 0.15) is 12.8 Å². The van der Waals surface area contributed by atoms with Crippen molar-refractivity contribution in [2.45, 2.75) is 23.8 Å². The summed E-state index contributed by atoms with van der Waals surface area (Å²) in [5.74, 6) is 0.148. The Morgan fingerprint density at radius 3 is 2.63 bits per heavy atom. The van der Waals surface area contributed by atoms with Gasteiger partial charge in [-0.05, 0) is 49.2 Å². The summed E-state index contributed by atoms with van der Waals surface area (Å²) in [4.78, 5) is 12.7. The highest BCUT2D eigenvalue weighted by Crippen LogP contribution is 2.30. The first kappa shape index (κ1) is 20.6. The minimum atomic E-state index is -3.77. The number of carbonyl (C=O) groups is 1. The number of amides is 1. The van der Waals surface area contributed by atoms with Crippen LogP contribution in [0, 0.1) is 11.7 Å². The zero-order valence-corrected chi connectivity index (χ0v) is 17.1. The summed E-state index contributed by atoms with van der Waals surface area (Å²) in [7, 11) is -3.77. The first-order chi connectivity index (χ1) is 14.4. The van der Waals surface area contributed by atoms with Crippen LogP contribution in [-0.4, -0.2) is 51.0 Å². The predicted octanol–water partition coefficient (Wildman–Crippen LogP) is 2.18. The molecule has 0 aromatic heterocycles. The number of benzene rings is 2. The molecule has 9 heteroatoms. The minimum Gasteiger partial charge on any atom is -0.486 e. The molecule has 2 heterocycles. The van der Waals surface area contributed by atoms with Gasteiger partial charge in [-0.25, -0.2) is 12.8 Å². The number of hydrogen-bond donors (Lipinski definition) is 1. The van der Waals surface area contributed by atoms with Crippen molar-refractivity contribution < 1.29 is 27.1 Å². The first-order valence-corrected chi connectivity index (χ1v) is 11.3. The van der Waals surface area contributed by atoms with Crippen LogP contribution in [0.15, 0.2) is 53.4 Å². The van der Waals surface area contributed by atoms with E-state index >= 15 is 0 Å². The van der Waals surface area contributed by atoms with Gasteiger partial charge in [0.15, 0.2) is 11.5 Å². The maximum atomic E-state index is 13.1. The molecule has 0 bridgehead atoms. The Balaban J connectivity index is 1.34. The number of para-hydroxylation sites is 2. The number of halogens is 1. The molecule has 7 nitrogen and oxygen atoms in total. The average Bonchev–Trinajstić information content (AvgIpc) is 2.77. The van der Waals surface area contributed by atoms with Crippen molar-refractivity contribution in [1.82, 2.24) is 9.62 Å². The summed E-state index contributed by atoms with van der Waals surface area (Å²) >= 11 is 0. The van der Waals surface area contributed by atoms with E-state index in [1.54, 1.807) is 0 Å². The van der Waals surface area contributed by atoms with Crippen molar-refractivity contribution in [3.05, 3.63) is 54.3 Å². The van der Waals surface area contributed by atoms with Gasteiger partial charge < -0.3 is 14.8 Å². The molecule has 1 saturated heterocycles. The summed E-state index contributed by atoms with van der Waals surface area (Å²) < 4.78 is 51.5. The summed E-state index contributed by atoms with van der Waals surface area (Å²) in [6.07, 6.45) is 0.868. The standard InChI is InChI=1S/C21H23FN2O5S/c22-16-7-9-18(10-8-16)30(26,27)24-11-3-4-15(13-24)21(25)23-12-17-14-28-19-5-1-2-6-20(19)29-17/h1-2,5-10,15,17H,3-4,11-14H2,(H,23,25)/t15-,17-/m1/s1. The highest BCUT2D eigenvalue weighted by atomic mass is 32.2. The van der Waals surface area contributed by atoms with E-state index in [9.17, 15) is 17.6 Å². The van der Waals surface area contributed by atoms with Crippen molar-refractivity contribution in [2.75, 3.05) is 26.2 Å². The van der Waals surface area contributed by atoms with Crippen LogP contribution < -0.4 is 14.8 Å². The van der Waals surface area contributed by atoms with Gasteiger partial charge >= 0.3 is 0 Å². The van der Waals surface area contributed by atoms with Crippen molar-refractivity contribution in [1.29, 1.82) is 0 Å². The van der Waals surface area contributed by atoms with Crippen molar-refractivity contribution >= 4 is 15.9 Å². The number of nitrogens with one attached hydrogen (secondary N) is 1. The van der Waals surface area contributed by atoms with Gasteiger partial charge in [0.25, 0.3) is 0 Å². The second-order valence-corrected chi connectivity index (χ2v) is 9.34. The van der Waals surface area contributed by atoms with E-state index < -0.39 is 21.8 Å². The van der Waals surface area contributed by atoms with Gasteiger partial charge in [-0.1, -0.05) is 12.1 Å². The number of hydrogen-bond acceptors (Lipinski definition) is 5. The maximum Gasteiger partial charge on any atom is 0.243 e. The fourth-order valence-corrected chi connectivity index (χ4v) is 5.18. The Morgan fingerprint density at radius 2 is 1.87 bits per heavy atom. The van der Waals surface area contributed by atoms with E-state index in [1.165, 1.54) is 16.4 Å². The fourth-order valence-electron chi connectivity index (χ4n) is 3.65. The van der Waals surface area contributed by atoms with Crippen LogP contribution in [0.5, 0.6) is 11.5 Å². The zero-order chi connectivity index (χ0) is 21.1. The van der Waals surface area contributed by atoms with E-state index in [2.05, 4.69) is 5.32 Å². The van der Waals surface area contributed by atoms with Crippen LogP contribution in [0.3, 0.4) is 0 Å². The molecule has 1 fully saturated rings. The lowest BCUT2D eigenvalue weighted by Crippen LogP contribution is -2.48. The van der Waals surface area contributed by atoms with Crippen molar-refractivity contribution in [2.24, 2.45) is 5.92 Å². The molecule has 0 radical (unpaired) electrons. The molecule has 1 amide bonds. The SMILES string of the molecule is O=C(NC[C@@H]1COc2ccccc2O1)[C@@H]1CCCN(S(=O)(=O)c2ccc(F)cc2)C1. The zero-order valence-electron chi connectivity index (χ0n) is 16.3. The van der Waals surface area contributed by atoms with Gasteiger partial charge in [0.1, 0.15) is 18.5 Å². The molecule has 2 atom stereocenters. The Hall–Kier alpha value is -2.65. The van der Waals surface area contributed by atoms with Gasteiger partial charge in [-0.2, -0.15) is 4.31 Å². The quantitative estimate of drug-likeness (QED) is 0.780. The van der Waals surface area contributed by atoms with E-state index in [-0.39, 0.29) is 30.0 Å². The molecule has 0 aliphatic carbocycles. The van der Waals surface area contributed by atoms with E-state index in [0.717, 1.165) is 12.1 Å². The fraction of sp³-hybridized carbons (Fsp3) is 0.381. The molecule has 160 valence electrons. The van der Waals surface area contributed by atoms with E-state index in [0.29, 0.717) is 37.5 Å². The second-order valence-electron chi connectivity index (χ2n) is 7.40. The Kier molecular flexibility index (Phi) is 5.92. The Morgan fingerprint density at radius 1 is 1.13 bits per heavy atom. The molecule has 0 saturated carbocycles. The molecule has 2 aliphatic heterocycles. The number of sulfonamides is 1. The molecule has 4 rings (SSSR count). The van der Waals surface area contributed by atoms with Gasteiger partial charge in [0, 0.05) is 13.1 Å². The van der Waals surface area contributed by atoms with Crippen LogP contribution >= 0.6 is 0 Å². The first-order valence-electron chi connectivity index (χ1n) is 9.85. The van der Waals surface area contributed by atoms with Gasteiger partial charge in [0.2, 0.25) is 15.9 Å². The average molecular weight is 434 g/mol. The van der Waals surface area contributed by atoms with Crippen molar-refractivity contribution in [3.8, 4) is 11.5 Å². The number of piperidine rings is 1. The van der Waals surface area contributed by atoms with Crippen LogP contribution in [-0.2, 0) is 14.8 Å². The number of fused-ring (bicyclic) bond motifs is 1. The lowest BCUT2D eigenvalue weighted by Gasteiger charge is -2.32. The highest BCUT2D eigenvalue weighted by molar-refractivity contribution is 7.89. The third-order valence-corrected chi connectivity index (χ3v) is 7.16. The van der Waals surface area contributed by atoms with Crippen molar-refractivity contribution in [3.63, 3.8) is 0 Å². The molecule has 1 N–H and O–H groups in total. The molecule has 30 heavy (non-hydrogen) atoms. The number of rotatable bonds is 5. The second kappa shape index (κ2) is 8.61. The van der Waals surface area contributed by atoms with Gasteiger partial charge in [-0.15, -0.1) is 0 Å². The van der Waals surface area contributed by atoms with E-state index in [1.807, 2.05) is 24.3 Å². The largest absolute Gasteiger partial charge is 0.486 e. The number of ether oxygens (including phenoxy) is 2. The molecular weight excluding hydrogens is 411 g/mol. The lowest BCUT2D eigenvalue weighted by atomic mass is 9.99. The molecule has 2 aromatic carbocycles. The van der Waals surface area contributed by atoms with Gasteiger partial charge in [-0.3, -0.25) is 4.79 Å². The van der Waals surface area contributed by atoms with E-state index in [4.69, 9.17) is 9.47 Å². The molecular formula is C21H23FN2O5S. The Labute approximate surface area is 174 Å². The third-order valence-electron chi connectivity index (χ3n) is 5.28. The third kappa shape index (κ3) is 4.41. The Bertz CT molecular complexity index is 1010. The summed E-state index contributed by atoms with van der Waals surface area (Å²) in [5.41, 5.74) is 0. The predicted molar refractivity (Wildman–Crippen MR) is 107 cm³/mol. The minimum absolute atomic E-state index is 0.0244. The summed E-state index contributed by atoms with van der Waals surface area (Å²) in [6.45, 7) is 1.03. The topological polar surface area (TPSA) is 84.9 Å².